The van der Waals surface area contributed by atoms with Gasteiger partial charge in [0.1, 0.15) is 0 Å². The van der Waals surface area contributed by atoms with Gasteiger partial charge in [-0.2, -0.15) is 0 Å². The van der Waals surface area contributed by atoms with Gasteiger partial charge in [0.15, 0.2) is 0 Å². The predicted octanol–water partition coefficient (Wildman–Crippen LogP) is 4.03. The number of nitrogens with zero attached hydrogens (tertiary/aromatic N) is 2. The van der Waals surface area contributed by atoms with Crippen molar-refractivity contribution in [3.63, 3.8) is 0 Å². The summed E-state index contributed by atoms with van der Waals surface area (Å²) in [5, 5.41) is 10.6. The maximum Gasteiger partial charge on any atom is 0.0946 e. The van der Waals surface area contributed by atoms with E-state index in [0.717, 1.165) is 5.56 Å². The van der Waals surface area contributed by atoms with E-state index in [0.29, 0.717) is 13.0 Å². The van der Waals surface area contributed by atoms with Gasteiger partial charge in [0.25, 0.3) is 0 Å². The average Bonchev–Trinajstić information content (AvgIpc) is 3.02. The summed E-state index contributed by atoms with van der Waals surface area (Å²) >= 11 is 1.74. The van der Waals surface area contributed by atoms with E-state index < -0.39 is 5.60 Å². The standard InChI is InChI=1S/C19H20N2OS/c1-19(22,14-21-12-11-20-15-21)13-16-7-9-18(10-8-16)23-17-5-3-2-4-6-17/h2-12,15,22H,13-14H2,1H3. The van der Waals surface area contributed by atoms with Crippen LogP contribution < -0.4 is 0 Å². The highest BCUT2D eigenvalue weighted by Gasteiger charge is 2.21. The Kier molecular flexibility index (Phi) is 4.84. The second-order valence-electron chi connectivity index (χ2n) is 5.97. The van der Waals surface area contributed by atoms with Crippen LogP contribution in [0.3, 0.4) is 0 Å². The van der Waals surface area contributed by atoms with Crippen LogP contribution in [0.15, 0.2) is 83.1 Å². The molecule has 0 aliphatic heterocycles. The van der Waals surface area contributed by atoms with Crippen molar-refractivity contribution in [1.82, 2.24) is 9.55 Å². The molecular weight excluding hydrogens is 304 g/mol. The molecule has 3 rings (SSSR count). The molecule has 3 nitrogen and oxygen atoms in total. The molecule has 1 atom stereocenters. The highest BCUT2D eigenvalue weighted by atomic mass is 32.2. The molecule has 0 aliphatic carbocycles. The molecule has 118 valence electrons. The minimum Gasteiger partial charge on any atom is -0.388 e. The normalized spacial score (nSPS) is 13.7. The lowest BCUT2D eigenvalue weighted by Gasteiger charge is -2.24. The van der Waals surface area contributed by atoms with Gasteiger partial charge < -0.3 is 9.67 Å². The van der Waals surface area contributed by atoms with Gasteiger partial charge in [-0.3, -0.25) is 0 Å². The van der Waals surface area contributed by atoms with E-state index in [1.54, 1.807) is 24.3 Å². The van der Waals surface area contributed by atoms with Crippen molar-refractivity contribution in [2.75, 3.05) is 0 Å². The molecule has 3 aromatic rings. The summed E-state index contributed by atoms with van der Waals surface area (Å²) in [4.78, 5) is 6.45. The Labute approximate surface area is 141 Å². The molecule has 0 aliphatic rings. The highest BCUT2D eigenvalue weighted by molar-refractivity contribution is 7.99. The molecule has 2 aromatic carbocycles. The second-order valence-corrected chi connectivity index (χ2v) is 7.11. The zero-order chi connectivity index (χ0) is 16.1. The van der Waals surface area contributed by atoms with E-state index in [1.807, 2.05) is 35.9 Å². The first-order valence-electron chi connectivity index (χ1n) is 7.61. The van der Waals surface area contributed by atoms with Crippen molar-refractivity contribution in [2.24, 2.45) is 0 Å². The van der Waals surface area contributed by atoms with Crippen LogP contribution in [0.5, 0.6) is 0 Å². The number of aliphatic hydroxyl groups is 1. The van der Waals surface area contributed by atoms with Gasteiger partial charge in [-0.25, -0.2) is 4.98 Å². The quantitative estimate of drug-likeness (QED) is 0.744. The number of hydrogen-bond donors (Lipinski definition) is 1. The average molecular weight is 324 g/mol. The molecule has 23 heavy (non-hydrogen) atoms. The van der Waals surface area contributed by atoms with Crippen LogP contribution in [0.4, 0.5) is 0 Å². The Morgan fingerprint density at radius 2 is 1.74 bits per heavy atom. The molecular formula is C19H20N2OS. The molecule has 0 saturated carbocycles. The third kappa shape index (κ3) is 4.71. The highest BCUT2D eigenvalue weighted by Crippen LogP contribution is 2.28. The van der Waals surface area contributed by atoms with E-state index in [-0.39, 0.29) is 0 Å². The Morgan fingerprint density at radius 3 is 2.39 bits per heavy atom. The van der Waals surface area contributed by atoms with Gasteiger partial charge in [0.05, 0.1) is 18.5 Å². The Morgan fingerprint density at radius 1 is 1.04 bits per heavy atom. The Hall–Kier alpha value is -2.04. The molecule has 0 spiro atoms. The lowest BCUT2D eigenvalue weighted by atomic mass is 9.96. The lowest BCUT2D eigenvalue weighted by molar-refractivity contribution is 0.0421. The smallest absolute Gasteiger partial charge is 0.0946 e. The van der Waals surface area contributed by atoms with Crippen molar-refractivity contribution in [2.45, 2.75) is 35.3 Å². The summed E-state index contributed by atoms with van der Waals surface area (Å²) in [7, 11) is 0. The summed E-state index contributed by atoms with van der Waals surface area (Å²) in [6, 6.07) is 18.7. The van der Waals surface area contributed by atoms with Gasteiger partial charge in [0.2, 0.25) is 0 Å². The molecule has 0 bridgehead atoms. The molecule has 1 aromatic heterocycles. The van der Waals surface area contributed by atoms with Crippen LogP contribution in [0, 0.1) is 0 Å². The number of rotatable bonds is 6. The maximum absolute atomic E-state index is 10.6. The SMILES string of the molecule is CC(O)(Cc1ccc(Sc2ccccc2)cc1)Cn1ccnc1. The summed E-state index contributed by atoms with van der Waals surface area (Å²) in [5.41, 5.74) is 0.335. The molecule has 1 N–H and O–H groups in total. The van der Waals surface area contributed by atoms with Crippen LogP contribution >= 0.6 is 11.8 Å². The molecule has 0 amide bonds. The number of imidazole rings is 1. The number of benzene rings is 2. The van der Waals surface area contributed by atoms with Gasteiger partial charge in [-0.05, 0) is 36.8 Å². The monoisotopic (exact) mass is 324 g/mol. The Balaban J connectivity index is 1.63. The van der Waals surface area contributed by atoms with E-state index in [1.165, 1.54) is 9.79 Å². The minimum absolute atomic E-state index is 0.535. The number of aromatic nitrogens is 2. The third-order valence-corrected chi connectivity index (χ3v) is 4.59. The summed E-state index contributed by atoms with van der Waals surface area (Å²) in [5.74, 6) is 0. The van der Waals surface area contributed by atoms with Crippen molar-refractivity contribution < 1.29 is 5.11 Å². The zero-order valence-electron chi connectivity index (χ0n) is 13.1. The second kappa shape index (κ2) is 7.02. The Bertz CT molecular complexity index is 722. The fraction of sp³-hybridized carbons (Fsp3) is 0.211. The van der Waals surface area contributed by atoms with Crippen LogP contribution in [-0.2, 0) is 13.0 Å². The molecule has 0 radical (unpaired) electrons. The minimum atomic E-state index is -0.797. The van der Waals surface area contributed by atoms with E-state index in [2.05, 4.69) is 41.4 Å². The molecule has 0 fully saturated rings. The van der Waals surface area contributed by atoms with Crippen molar-refractivity contribution in [3.05, 3.63) is 78.9 Å². The molecule has 4 heteroatoms. The first kappa shape index (κ1) is 15.8. The number of hydrogen-bond acceptors (Lipinski definition) is 3. The largest absolute Gasteiger partial charge is 0.388 e. The van der Waals surface area contributed by atoms with Gasteiger partial charge in [0, 0.05) is 28.6 Å². The fourth-order valence-corrected chi connectivity index (χ4v) is 3.41. The van der Waals surface area contributed by atoms with Crippen molar-refractivity contribution >= 4 is 11.8 Å². The van der Waals surface area contributed by atoms with Gasteiger partial charge in [-0.15, -0.1) is 0 Å². The first-order chi connectivity index (χ1) is 11.1. The molecule has 1 unspecified atom stereocenters. The van der Waals surface area contributed by atoms with E-state index in [4.69, 9.17) is 0 Å². The van der Waals surface area contributed by atoms with Gasteiger partial charge in [-0.1, -0.05) is 42.1 Å². The van der Waals surface area contributed by atoms with E-state index in [9.17, 15) is 5.11 Å². The van der Waals surface area contributed by atoms with E-state index >= 15 is 0 Å². The predicted molar refractivity (Wildman–Crippen MR) is 93.6 cm³/mol. The molecule has 0 saturated heterocycles. The van der Waals surface area contributed by atoms with Crippen molar-refractivity contribution in [1.29, 1.82) is 0 Å². The van der Waals surface area contributed by atoms with Gasteiger partial charge >= 0.3 is 0 Å². The topological polar surface area (TPSA) is 38.0 Å². The fourth-order valence-electron chi connectivity index (χ4n) is 2.57. The summed E-state index contributed by atoms with van der Waals surface area (Å²) in [6.45, 7) is 2.40. The lowest BCUT2D eigenvalue weighted by Crippen LogP contribution is -2.32. The van der Waals surface area contributed by atoms with Crippen LogP contribution in [-0.4, -0.2) is 20.3 Å². The first-order valence-corrected chi connectivity index (χ1v) is 8.42. The van der Waals surface area contributed by atoms with Crippen molar-refractivity contribution in [3.8, 4) is 0 Å². The third-order valence-electron chi connectivity index (χ3n) is 3.57. The summed E-state index contributed by atoms with van der Waals surface area (Å²) in [6.07, 6.45) is 5.94. The van der Waals surface area contributed by atoms with Crippen LogP contribution in [0.1, 0.15) is 12.5 Å². The summed E-state index contributed by atoms with van der Waals surface area (Å²) < 4.78 is 1.90. The van der Waals surface area contributed by atoms with Crippen LogP contribution in [0.2, 0.25) is 0 Å². The maximum atomic E-state index is 10.6. The molecule has 1 heterocycles. The zero-order valence-corrected chi connectivity index (χ0v) is 13.9. The van der Waals surface area contributed by atoms with Crippen LogP contribution in [0.25, 0.3) is 0 Å².